The zero-order valence-corrected chi connectivity index (χ0v) is 14.8. The second kappa shape index (κ2) is 6.17. The Bertz CT molecular complexity index is 825. The Balaban J connectivity index is 1.53. The van der Waals surface area contributed by atoms with Crippen LogP contribution in [0.3, 0.4) is 0 Å². The Morgan fingerprint density at radius 2 is 2.04 bits per heavy atom. The van der Waals surface area contributed by atoms with Gasteiger partial charge < -0.3 is 14.5 Å². The van der Waals surface area contributed by atoms with E-state index in [-0.39, 0.29) is 11.7 Å². The monoisotopic (exact) mass is 340 g/mol. The number of carbonyl (C=O) groups is 2. The number of fused-ring (bicyclic) bond motifs is 1. The van der Waals surface area contributed by atoms with Crippen LogP contribution in [0.15, 0.2) is 12.4 Å². The van der Waals surface area contributed by atoms with E-state index in [1.54, 1.807) is 0 Å². The molecule has 0 saturated carbocycles. The van der Waals surface area contributed by atoms with Crippen molar-refractivity contribution >= 4 is 11.7 Å². The van der Waals surface area contributed by atoms with Crippen molar-refractivity contribution < 1.29 is 9.59 Å². The van der Waals surface area contributed by atoms with Crippen LogP contribution in [0.5, 0.6) is 0 Å². The molecular formula is C19H24N4O2. The largest absolute Gasteiger partial charge is 0.361 e. The number of nitrogens with zero attached hydrogens (tertiary/aromatic N) is 3. The van der Waals surface area contributed by atoms with Gasteiger partial charge in [0, 0.05) is 56.3 Å². The van der Waals surface area contributed by atoms with Crippen molar-refractivity contribution in [2.75, 3.05) is 13.1 Å². The number of rotatable bonds is 2. The molecule has 6 nitrogen and oxygen atoms in total. The second-order valence-electron chi connectivity index (χ2n) is 7.22. The zero-order chi connectivity index (χ0) is 17.6. The topological polar surface area (TPSA) is 71.0 Å². The van der Waals surface area contributed by atoms with Gasteiger partial charge in [-0.25, -0.2) is 4.98 Å². The van der Waals surface area contributed by atoms with Crippen molar-refractivity contribution in [2.45, 2.75) is 44.9 Å². The Labute approximate surface area is 147 Å². The van der Waals surface area contributed by atoms with Crippen molar-refractivity contribution in [3.05, 3.63) is 40.7 Å². The molecule has 0 atom stereocenters. The summed E-state index contributed by atoms with van der Waals surface area (Å²) in [5.74, 6) is 1.60. The summed E-state index contributed by atoms with van der Waals surface area (Å²) in [6, 6.07) is 0. The summed E-state index contributed by atoms with van der Waals surface area (Å²) in [4.78, 5) is 35.1. The van der Waals surface area contributed by atoms with Gasteiger partial charge in [0.2, 0.25) is 0 Å². The van der Waals surface area contributed by atoms with Gasteiger partial charge in [-0.05, 0) is 32.6 Å². The number of hydrogen-bond donors (Lipinski definition) is 1. The van der Waals surface area contributed by atoms with E-state index in [1.807, 2.05) is 31.3 Å². The molecule has 2 aromatic heterocycles. The Hall–Kier alpha value is -2.37. The van der Waals surface area contributed by atoms with Crippen molar-refractivity contribution in [3.8, 4) is 0 Å². The quantitative estimate of drug-likeness (QED) is 0.913. The van der Waals surface area contributed by atoms with Gasteiger partial charge in [-0.3, -0.25) is 9.59 Å². The number of aromatic nitrogens is 3. The van der Waals surface area contributed by atoms with Crippen LogP contribution in [0.25, 0.3) is 0 Å². The number of ketones is 1. The van der Waals surface area contributed by atoms with Crippen LogP contribution in [0.1, 0.15) is 69.5 Å². The third kappa shape index (κ3) is 2.69. The van der Waals surface area contributed by atoms with Gasteiger partial charge in [0.25, 0.3) is 5.91 Å². The SMILES string of the molecule is Cc1[nH]c2c(c1C(=O)N1CCC(c3nccn3C)CC1)C(=O)CCC2. The second-order valence-corrected chi connectivity index (χ2v) is 7.22. The molecule has 132 valence electrons. The summed E-state index contributed by atoms with van der Waals surface area (Å²) in [7, 11) is 2.01. The number of hydrogen-bond acceptors (Lipinski definition) is 3. The first-order valence-electron chi connectivity index (χ1n) is 9.07. The molecule has 1 fully saturated rings. The summed E-state index contributed by atoms with van der Waals surface area (Å²) >= 11 is 0. The number of H-pyrrole nitrogens is 1. The standard InChI is InChI=1S/C19H24N4O2/c1-12-16(17-14(21-12)4-3-5-15(17)24)19(25)23-9-6-13(7-10-23)18-20-8-11-22(18)2/h8,11,13,21H,3-7,9-10H2,1-2H3. The predicted octanol–water partition coefficient (Wildman–Crippen LogP) is 2.60. The number of aromatic amines is 1. The average Bonchev–Trinajstić information content (AvgIpc) is 3.18. The van der Waals surface area contributed by atoms with Crippen LogP contribution in [0, 0.1) is 6.92 Å². The normalized spacial score (nSPS) is 18.5. The highest BCUT2D eigenvalue weighted by molar-refractivity contribution is 6.10. The first-order valence-corrected chi connectivity index (χ1v) is 9.07. The van der Waals surface area contributed by atoms with Gasteiger partial charge in [0.05, 0.1) is 11.1 Å². The maximum atomic E-state index is 13.1. The summed E-state index contributed by atoms with van der Waals surface area (Å²) in [6.07, 6.45) is 7.89. The molecule has 1 aliphatic carbocycles. The van der Waals surface area contributed by atoms with Crippen LogP contribution in [0.4, 0.5) is 0 Å². The first-order chi connectivity index (χ1) is 12.1. The van der Waals surface area contributed by atoms with Crippen LogP contribution >= 0.6 is 0 Å². The van der Waals surface area contributed by atoms with Crippen LogP contribution < -0.4 is 0 Å². The molecule has 0 bridgehead atoms. The number of piperidine rings is 1. The lowest BCUT2D eigenvalue weighted by molar-refractivity contribution is 0.0705. The maximum Gasteiger partial charge on any atom is 0.256 e. The molecule has 3 heterocycles. The molecule has 1 aliphatic heterocycles. The average molecular weight is 340 g/mol. The number of amides is 1. The van der Waals surface area contributed by atoms with E-state index in [0.29, 0.717) is 36.6 Å². The molecule has 1 amide bonds. The molecule has 0 radical (unpaired) electrons. The predicted molar refractivity (Wildman–Crippen MR) is 93.9 cm³/mol. The smallest absolute Gasteiger partial charge is 0.256 e. The minimum Gasteiger partial charge on any atom is -0.361 e. The third-order valence-electron chi connectivity index (χ3n) is 5.59. The van der Waals surface area contributed by atoms with E-state index in [2.05, 4.69) is 14.5 Å². The lowest BCUT2D eigenvalue weighted by Gasteiger charge is -2.32. The fraction of sp³-hybridized carbons (Fsp3) is 0.526. The van der Waals surface area contributed by atoms with Crippen molar-refractivity contribution in [1.29, 1.82) is 0 Å². The van der Waals surface area contributed by atoms with Crippen molar-refractivity contribution in [1.82, 2.24) is 19.4 Å². The molecule has 1 N–H and O–H groups in total. The highest BCUT2D eigenvalue weighted by Gasteiger charge is 2.33. The van der Waals surface area contributed by atoms with Gasteiger partial charge in [0.1, 0.15) is 5.82 Å². The van der Waals surface area contributed by atoms with E-state index >= 15 is 0 Å². The Morgan fingerprint density at radius 3 is 2.72 bits per heavy atom. The van der Waals surface area contributed by atoms with E-state index in [0.717, 1.165) is 42.9 Å². The fourth-order valence-corrected chi connectivity index (χ4v) is 4.27. The zero-order valence-electron chi connectivity index (χ0n) is 14.8. The van der Waals surface area contributed by atoms with Crippen LogP contribution in [-0.4, -0.2) is 44.2 Å². The minimum absolute atomic E-state index is 0.00328. The molecule has 2 aromatic rings. The molecule has 1 saturated heterocycles. The molecule has 0 spiro atoms. The van der Waals surface area contributed by atoms with Crippen molar-refractivity contribution in [3.63, 3.8) is 0 Å². The number of aryl methyl sites for hydroxylation is 3. The van der Waals surface area contributed by atoms with Gasteiger partial charge in [-0.2, -0.15) is 0 Å². The summed E-state index contributed by atoms with van der Waals surface area (Å²) in [5.41, 5.74) is 3.03. The van der Waals surface area contributed by atoms with E-state index in [9.17, 15) is 9.59 Å². The number of carbonyl (C=O) groups excluding carboxylic acids is 2. The summed E-state index contributed by atoms with van der Waals surface area (Å²) in [5, 5.41) is 0. The van der Waals surface area contributed by atoms with E-state index in [4.69, 9.17) is 0 Å². The molecular weight excluding hydrogens is 316 g/mol. The summed E-state index contributed by atoms with van der Waals surface area (Å²) in [6.45, 7) is 3.33. The minimum atomic E-state index is 0.00328. The Kier molecular flexibility index (Phi) is 3.98. The third-order valence-corrected chi connectivity index (χ3v) is 5.59. The highest BCUT2D eigenvalue weighted by atomic mass is 16.2. The van der Waals surface area contributed by atoms with Crippen molar-refractivity contribution in [2.24, 2.45) is 7.05 Å². The number of Topliss-reactive ketones (excluding diaryl/α,β-unsaturated/α-hetero) is 1. The highest BCUT2D eigenvalue weighted by Crippen LogP contribution is 2.31. The van der Waals surface area contributed by atoms with Gasteiger partial charge in [-0.1, -0.05) is 0 Å². The molecule has 2 aliphatic rings. The number of imidazole rings is 1. The number of likely N-dealkylation sites (tertiary alicyclic amines) is 1. The molecule has 6 heteroatoms. The van der Waals surface area contributed by atoms with Crippen LogP contribution in [0.2, 0.25) is 0 Å². The van der Waals surface area contributed by atoms with E-state index in [1.165, 1.54) is 0 Å². The maximum absolute atomic E-state index is 13.1. The molecule has 0 unspecified atom stereocenters. The van der Waals surface area contributed by atoms with Gasteiger partial charge in [-0.15, -0.1) is 0 Å². The van der Waals surface area contributed by atoms with Crippen LogP contribution in [-0.2, 0) is 13.5 Å². The first kappa shape index (κ1) is 16.1. The number of nitrogens with one attached hydrogen (secondary N) is 1. The lowest BCUT2D eigenvalue weighted by atomic mass is 9.91. The van der Waals surface area contributed by atoms with E-state index < -0.39 is 0 Å². The summed E-state index contributed by atoms with van der Waals surface area (Å²) < 4.78 is 2.06. The fourth-order valence-electron chi connectivity index (χ4n) is 4.27. The molecule has 25 heavy (non-hydrogen) atoms. The van der Waals surface area contributed by atoms with Gasteiger partial charge >= 0.3 is 0 Å². The Morgan fingerprint density at radius 1 is 1.28 bits per heavy atom. The molecule has 0 aromatic carbocycles. The van der Waals surface area contributed by atoms with Gasteiger partial charge in [0.15, 0.2) is 5.78 Å². The molecule has 4 rings (SSSR count). The lowest BCUT2D eigenvalue weighted by Crippen LogP contribution is -2.39.